The number of hydrogen-bond acceptors (Lipinski definition) is 4. The van der Waals surface area contributed by atoms with Crippen LogP contribution in [0.4, 0.5) is 0 Å². The molecular weight excluding hydrogens is 366 g/mol. The Labute approximate surface area is 170 Å². The Kier molecular flexibility index (Phi) is 6.44. The van der Waals surface area contributed by atoms with Gasteiger partial charge in [0, 0.05) is 18.2 Å². The standard InChI is InChI=1S/C23H25N3O3/c1-16-4-7-19(8-5-16)21-10-11-23(28)26(25-21)13-12-24-22(27)15-29-20-9-6-17(2)18(3)14-20/h4-11,14H,12-13,15H2,1-3H3,(H,24,27). The van der Waals surface area contributed by atoms with Gasteiger partial charge in [0.1, 0.15) is 5.75 Å². The van der Waals surface area contributed by atoms with Crippen molar-refractivity contribution in [2.24, 2.45) is 0 Å². The molecule has 1 heterocycles. The molecule has 0 aliphatic heterocycles. The first-order valence-electron chi connectivity index (χ1n) is 9.54. The zero-order valence-corrected chi connectivity index (χ0v) is 16.9. The maximum atomic E-state index is 12.1. The van der Waals surface area contributed by atoms with Gasteiger partial charge >= 0.3 is 0 Å². The van der Waals surface area contributed by atoms with Crippen LogP contribution >= 0.6 is 0 Å². The molecule has 1 N–H and O–H groups in total. The SMILES string of the molecule is Cc1ccc(-c2ccc(=O)n(CCNC(=O)COc3ccc(C)c(C)c3)n2)cc1. The fourth-order valence-corrected chi connectivity index (χ4v) is 2.79. The van der Waals surface area contributed by atoms with E-state index in [1.807, 2.05) is 63.2 Å². The van der Waals surface area contributed by atoms with Crippen LogP contribution in [0.5, 0.6) is 5.75 Å². The minimum atomic E-state index is -0.244. The Hall–Kier alpha value is -3.41. The molecule has 3 rings (SSSR count). The van der Waals surface area contributed by atoms with Gasteiger partial charge in [-0.1, -0.05) is 35.9 Å². The normalized spacial score (nSPS) is 10.6. The molecule has 1 aromatic heterocycles. The Balaban J connectivity index is 1.53. The van der Waals surface area contributed by atoms with Gasteiger partial charge in [0.2, 0.25) is 0 Å². The molecule has 2 aromatic carbocycles. The third-order valence-corrected chi connectivity index (χ3v) is 4.71. The molecule has 0 aliphatic rings. The maximum Gasteiger partial charge on any atom is 0.266 e. The van der Waals surface area contributed by atoms with Crippen LogP contribution in [0.25, 0.3) is 11.3 Å². The zero-order chi connectivity index (χ0) is 20.8. The summed E-state index contributed by atoms with van der Waals surface area (Å²) in [4.78, 5) is 24.1. The van der Waals surface area contributed by atoms with Gasteiger partial charge in [0.15, 0.2) is 6.61 Å². The Morgan fingerprint density at radius 2 is 1.76 bits per heavy atom. The molecule has 0 radical (unpaired) electrons. The molecular formula is C23H25N3O3. The van der Waals surface area contributed by atoms with Crippen LogP contribution in [0.3, 0.4) is 0 Å². The summed E-state index contributed by atoms with van der Waals surface area (Å²) >= 11 is 0. The minimum Gasteiger partial charge on any atom is -0.484 e. The van der Waals surface area contributed by atoms with E-state index in [0.717, 1.165) is 16.7 Å². The number of ether oxygens (including phenoxy) is 1. The van der Waals surface area contributed by atoms with E-state index in [4.69, 9.17) is 4.74 Å². The quantitative estimate of drug-likeness (QED) is 0.672. The Bertz CT molecular complexity index is 1060. The van der Waals surface area contributed by atoms with E-state index in [9.17, 15) is 9.59 Å². The molecule has 150 valence electrons. The summed E-state index contributed by atoms with van der Waals surface area (Å²) in [5.74, 6) is 0.415. The number of aromatic nitrogens is 2. The lowest BCUT2D eigenvalue weighted by molar-refractivity contribution is -0.123. The highest BCUT2D eigenvalue weighted by Crippen LogP contribution is 2.16. The number of carbonyl (C=O) groups excluding carboxylic acids is 1. The van der Waals surface area contributed by atoms with E-state index in [1.54, 1.807) is 6.07 Å². The molecule has 0 bridgehead atoms. The number of benzene rings is 2. The predicted molar refractivity (Wildman–Crippen MR) is 113 cm³/mol. The molecule has 29 heavy (non-hydrogen) atoms. The first-order valence-corrected chi connectivity index (χ1v) is 9.54. The first kappa shape index (κ1) is 20.3. The van der Waals surface area contributed by atoms with Crippen LogP contribution in [0.2, 0.25) is 0 Å². The van der Waals surface area contributed by atoms with E-state index < -0.39 is 0 Å². The predicted octanol–water partition coefficient (Wildman–Crippen LogP) is 3.03. The molecule has 3 aromatic rings. The Morgan fingerprint density at radius 1 is 1.00 bits per heavy atom. The van der Waals surface area contributed by atoms with Crippen molar-refractivity contribution in [1.82, 2.24) is 15.1 Å². The number of carbonyl (C=O) groups is 1. The third kappa shape index (κ3) is 5.54. The van der Waals surface area contributed by atoms with Gasteiger partial charge in [-0.05, 0) is 50.1 Å². The van der Waals surface area contributed by atoms with Crippen molar-refractivity contribution in [3.63, 3.8) is 0 Å². The average molecular weight is 391 g/mol. The van der Waals surface area contributed by atoms with Gasteiger partial charge < -0.3 is 10.1 Å². The number of amides is 1. The lowest BCUT2D eigenvalue weighted by atomic mass is 10.1. The largest absolute Gasteiger partial charge is 0.484 e. The highest BCUT2D eigenvalue weighted by molar-refractivity contribution is 5.77. The summed E-state index contributed by atoms with van der Waals surface area (Å²) in [7, 11) is 0. The van der Waals surface area contributed by atoms with Gasteiger partial charge in [-0.3, -0.25) is 9.59 Å². The topological polar surface area (TPSA) is 73.2 Å². The fraction of sp³-hybridized carbons (Fsp3) is 0.261. The minimum absolute atomic E-state index is 0.0752. The van der Waals surface area contributed by atoms with Crippen LogP contribution < -0.4 is 15.6 Å². The van der Waals surface area contributed by atoms with Gasteiger partial charge in [0.05, 0.1) is 12.2 Å². The molecule has 0 saturated heterocycles. The second-order valence-electron chi connectivity index (χ2n) is 7.03. The number of aryl methyl sites for hydroxylation is 3. The van der Waals surface area contributed by atoms with Crippen molar-refractivity contribution in [1.29, 1.82) is 0 Å². The molecule has 0 spiro atoms. The second-order valence-corrected chi connectivity index (χ2v) is 7.03. The van der Waals surface area contributed by atoms with Crippen molar-refractivity contribution in [3.05, 3.63) is 81.6 Å². The summed E-state index contributed by atoms with van der Waals surface area (Å²) < 4.78 is 6.88. The molecule has 0 saturated carbocycles. The molecule has 0 fully saturated rings. The van der Waals surface area contributed by atoms with Gasteiger partial charge in [-0.25, -0.2) is 4.68 Å². The number of nitrogens with zero attached hydrogens (tertiary/aromatic N) is 2. The number of hydrogen-bond donors (Lipinski definition) is 1. The van der Waals surface area contributed by atoms with Crippen molar-refractivity contribution < 1.29 is 9.53 Å². The maximum absolute atomic E-state index is 12.1. The summed E-state index contributed by atoms with van der Waals surface area (Å²) in [6.45, 7) is 6.54. The lowest BCUT2D eigenvalue weighted by Gasteiger charge is -2.10. The van der Waals surface area contributed by atoms with Crippen LogP contribution in [-0.4, -0.2) is 28.8 Å². The summed E-state index contributed by atoms with van der Waals surface area (Å²) in [5.41, 5.74) is 4.90. The summed E-state index contributed by atoms with van der Waals surface area (Å²) in [6.07, 6.45) is 0. The van der Waals surface area contributed by atoms with Crippen molar-refractivity contribution in [2.45, 2.75) is 27.3 Å². The van der Waals surface area contributed by atoms with E-state index in [2.05, 4.69) is 10.4 Å². The van der Waals surface area contributed by atoms with Crippen molar-refractivity contribution >= 4 is 5.91 Å². The van der Waals surface area contributed by atoms with Gasteiger partial charge in [-0.2, -0.15) is 5.10 Å². The fourth-order valence-electron chi connectivity index (χ4n) is 2.79. The van der Waals surface area contributed by atoms with Crippen molar-refractivity contribution in [3.8, 4) is 17.0 Å². The monoisotopic (exact) mass is 391 g/mol. The lowest BCUT2D eigenvalue weighted by Crippen LogP contribution is -2.34. The zero-order valence-electron chi connectivity index (χ0n) is 16.9. The molecule has 6 heteroatoms. The second kappa shape index (κ2) is 9.19. The number of rotatable bonds is 7. The van der Waals surface area contributed by atoms with E-state index in [-0.39, 0.29) is 24.6 Å². The highest BCUT2D eigenvalue weighted by Gasteiger charge is 2.06. The van der Waals surface area contributed by atoms with Gasteiger partial charge in [-0.15, -0.1) is 0 Å². The molecule has 0 atom stereocenters. The van der Waals surface area contributed by atoms with E-state index in [1.165, 1.54) is 16.3 Å². The molecule has 1 amide bonds. The van der Waals surface area contributed by atoms with Crippen molar-refractivity contribution in [2.75, 3.05) is 13.2 Å². The van der Waals surface area contributed by atoms with Crippen LogP contribution in [0.15, 0.2) is 59.4 Å². The van der Waals surface area contributed by atoms with Crippen LogP contribution in [0, 0.1) is 20.8 Å². The third-order valence-electron chi connectivity index (χ3n) is 4.71. The van der Waals surface area contributed by atoms with E-state index >= 15 is 0 Å². The molecule has 0 unspecified atom stereocenters. The smallest absolute Gasteiger partial charge is 0.266 e. The first-order chi connectivity index (χ1) is 13.9. The van der Waals surface area contributed by atoms with Crippen LogP contribution in [0.1, 0.15) is 16.7 Å². The van der Waals surface area contributed by atoms with Crippen LogP contribution in [-0.2, 0) is 11.3 Å². The average Bonchev–Trinajstić information content (AvgIpc) is 2.71. The number of nitrogens with one attached hydrogen (secondary N) is 1. The summed E-state index contributed by atoms with van der Waals surface area (Å²) in [6, 6.07) is 16.9. The summed E-state index contributed by atoms with van der Waals surface area (Å²) in [5, 5.41) is 7.16. The molecule has 6 nitrogen and oxygen atoms in total. The highest BCUT2D eigenvalue weighted by atomic mass is 16.5. The van der Waals surface area contributed by atoms with Gasteiger partial charge in [0.25, 0.3) is 11.5 Å². The molecule has 0 aliphatic carbocycles. The Morgan fingerprint density at radius 3 is 2.48 bits per heavy atom. The van der Waals surface area contributed by atoms with E-state index in [0.29, 0.717) is 18.0 Å².